The summed E-state index contributed by atoms with van der Waals surface area (Å²) in [6.45, 7) is 4.26. The van der Waals surface area contributed by atoms with E-state index in [1.165, 1.54) is 65.5 Å². The van der Waals surface area contributed by atoms with Gasteiger partial charge in [-0.25, -0.2) is 0 Å². The number of rotatable bonds is 10. The summed E-state index contributed by atoms with van der Waals surface area (Å²) in [6, 6.07) is 83.4. The average molecular weight is 873 g/mol. The van der Waals surface area contributed by atoms with Gasteiger partial charge in [0.1, 0.15) is 0 Å². The van der Waals surface area contributed by atoms with Crippen LogP contribution in [0.1, 0.15) is 22.3 Å². The molecule has 68 heavy (non-hydrogen) atoms. The number of benzene rings is 10. The van der Waals surface area contributed by atoms with Gasteiger partial charge in [0.25, 0.3) is 0 Å². The van der Waals surface area contributed by atoms with E-state index in [4.69, 9.17) is 0 Å². The highest BCUT2D eigenvalue weighted by molar-refractivity contribution is 6.11. The number of anilines is 4. The Kier molecular flexibility index (Phi) is 10.3. The lowest BCUT2D eigenvalue weighted by atomic mass is 10.1. The second kappa shape index (κ2) is 17.2. The van der Waals surface area contributed by atoms with Crippen LogP contribution in [0.4, 0.5) is 22.7 Å². The topological polar surface area (TPSA) is 16.3 Å². The minimum absolute atomic E-state index is 1.11. The first-order chi connectivity index (χ1) is 33.5. The number of hydrogen-bond acceptors (Lipinski definition) is 2. The van der Waals surface area contributed by atoms with Gasteiger partial charge < -0.3 is 18.9 Å². The van der Waals surface area contributed by atoms with Gasteiger partial charge in [-0.3, -0.25) is 0 Å². The molecule has 2 heterocycles. The number of nitrogens with zero attached hydrogens (tertiary/aromatic N) is 4. The first-order valence-electron chi connectivity index (χ1n) is 23.3. The second-order valence-corrected chi connectivity index (χ2v) is 17.7. The Labute approximate surface area is 396 Å². The highest BCUT2D eigenvalue weighted by atomic mass is 15.1. The minimum atomic E-state index is 1.11. The molecule has 0 spiro atoms. The highest BCUT2D eigenvalue weighted by Crippen LogP contribution is 2.38. The molecule has 0 saturated carbocycles. The number of aryl methyl sites for hydroxylation is 2. The molecule has 10 aromatic carbocycles. The zero-order valence-electron chi connectivity index (χ0n) is 38.0. The smallest absolute Gasteiger partial charge is 0.0541 e. The monoisotopic (exact) mass is 872 g/mol. The van der Waals surface area contributed by atoms with Crippen molar-refractivity contribution in [1.82, 2.24) is 9.13 Å². The molecule has 0 N–H and O–H groups in total. The molecule has 0 fully saturated rings. The lowest BCUT2D eigenvalue weighted by Crippen LogP contribution is -2.08. The van der Waals surface area contributed by atoms with Crippen LogP contribution < -0.4 is 9.80 Å². The summed E-state index contributed by atoms with van der Waals surface area (Å²) >= 11 is 0. The molecule has 0 radical (unpaired) electrons. The fraction of sp³-hybridized carbons (Fsp3) is 0.0312. The fourth-order valence-corrected chi connectivity index (χ4v) is 9.88. The molecule has 324 valence electrons. The van der Waals surface area contributed by atoms with Crippen LogP contribution in [0.2, 0.25) is 0 Å². The zero-order chi connectivity index (χ0) is 45.6. The summed E-state index contributed by atoms with van der Waals surface area (Å²) in [7, 11) is 0. The van der Waals surface area contributed by atoms with Gasteiger partial charge in [0.2, 0.25) is 0 Å². The Balaban J connectivity index is 0.923. The van der Waals surface area contributed by atoms with Gasteiger partial charge in [-0.2, -0.15) is 0 Å². The van der Waals surface area contributed by atoms with E-state index in [0.29, 0.717) is 0 Å². The molecule has 0 aliphatic rings. The SMILES string of the molecule is Cc1ccc(N(/C=C/c2ccc3c(c2)c2ccccc2n3-c2cccc(-n3c4ccccc4c4cc(/C=C/N(c5ccccc5)c5cccc6ccccc56)ccc43)c2)c2ccc(C)cc2)cc1. The third-order valence-electron chi connectivity index (χ3n) is 13.3. The predicted molar refractivity (Wildman–Crippen MR) is 290 cm³/mol. The molecule has 0 aliphatic heterocycles. The van der Waals surface area contributed by atoms with Gasteiger partial charge in [-0.05, 0) is 140 Å². The Bertz CT molecular complexity index is 3820. The van der Waals surface area contributed by atoms with Crippen molar-refractivity contribution in [2.45, 2.75) is 13.8 Å². The van der Waals surface area contributed by atoms with Crippen molar-refractivity contribution < 1.29 is 0 Å². The van der Waals surface area contributed by atoms with Crippen molar-refractivity contribution in [2.24, 2.45) is 0 Å². The summed E-state index contributed by atoms with van der Waals surface area (Å²) in [5.74, 6) is 0. The van der Waals surface area contributed by atoms with E-state index in [0.717, 1.165) is 45.3 Å². The van der Waals surface area contributed by atoms with Crippen LogP contribution in [0.25, 0.3) is 77.9 Å². The Morgan fingerprint density at radius 2 is 0.765 bits per heavy atom. The standard InChI is InChI=1S/C64H48N4/c1-45-26-32-51(33-27-45)65(52-34-28-46(2)29-35-52)40-38-47-30-36-63-58(42-47)56-21-8-10-23-61(56)67(63)53-18-13-19-54(44-53)68-62-24-11-9-22-57(62)59-43-48(31-37-64(59)68)39-41-66(50-16-4-3-5-17-50)60-25-12-15-49-14-6-7-20-55(49)60/h3-44H,1-2H3/b40-38+,41-39+. The number of hydrogen-bond donors (Lipinski definition) is 0. The van der Waals surface area contributed by atoms with Gasteiger partial charge in [-0.15, -0.1) is 0 Å². The van der Waals surface area contributed by atoms with Crippen molar-refractivity contribution >= 4 is 89.3 Å². The molecule has 0 unspecified atom stereocenters. The van der Waals surface area contributed by atoms with E-state index < -0.39 is 0 Å². The first kappa shape index (κ1) is 40.6. The quantitative estimate of drug-likeness (QED) is 0.136. The summed E-state index contributed by atoms with van der Waals surface area (Å²) in [5.41, 5.74) is 16.2. The van der Waals surface area contributed by atoms with Crippen LogP contribution in [0, 0.1) is 13.8 Å². The van der Waals surface area contributed by atoms with Crippen LogP contribution >= 0.6 is 0 Å². The summed E-state index contributed by atoms with van der Waals surface area (Å²) in [4.78, 5) is 4.55. The summed E-state index contributed by atoms with van der Waals surface area (Å²) in [5, 5.41) is 7.30. The van der Waals surface area contributed by atoms with E-state index in [9.17, 15) is 0 Å². The molecule has 12 rings (SSSR count). The van der Waals surface area contributed by atoms with Gasteiger partial charge in [0, 0.05) is 67.8 Å². The lowest BCUT2D eigenvalue weighted by molar-refractivity contribution is 1.13. The molecule has 0 aliphatic carbocycles. The maximum atomic E-state index is 2.42. The van der Waals surface area contributed by atoms with Crippen LogP contribution in [0.3, 0.4) is 0 Å². The van der Waals surface area contributed by atoms with E-state index in [-0.39, 0.29) is 0 Å². The largest absolute Gasteiger partial charge is 0.317 e. The van der Waals surface area contributed by atoms with Crippen molar-refractivity contribution in [1.29, 1.82) is 0 Å². The third-order valence-corrected chi connectivity index (χ3v) is 13.3. The minimum Gasteiger partial charge on any atom is -0.317 e. The molecule has 4 nitrogen and oxygen atoms in total. The summed E-state index contributed by atoms with van der Waals surface area (Å²) in [6.07, 6.45) is 8.85. The molecule has 0 amide bonds. The van der Waals surface area contributed by atoms with Crippen molar-refractivity contribution in [3.8, 4) is 11.4 Å². The van der Waals surface area contributed by atoms with Crippen molar-refractivity contribution in [3.63, 3.8) is 0 Å². The molecule has 12 aromatic rings. The third kappa shape index (κ3) is 7.39. The van der Waals surface area contributed by atoms with Crippen LogP contribution in [-0.4, -0.2) is 9.13 Å². The zero-order valence-corrected chi connectivity index (χ0v) is 38.0. The van der Waals surface area contributed by atoms with Crippen LogP contribution in [0.15, 0.2) is 243 Å². The average Bonchev–Trinajstić information content (AvgIpc) is 3.90. The molecule has 4 heteroatoms. The first-order valence-corrected chi connectivity index (χ1v) is 23.3. The Hall–Kier alpha value is -8.86. The van der Waals surface area contributed by atoms with E-state index in [1.807, 2.05) is 0 Å². The maximum absolute atomic E-state index is 2.42. The van der Waals surface area contributed by atoms with E-state index in [2.05, 4.69) is 288 Å². The lowest BCUT2D eigenvalue weighted by Gasteiger charge is -2.22. The second-order valence-electron chi connectivity index (χ2n) is 17.7. The molecular weight excluding hydrogens is 825 g/mol. The van der Waals surface area contributed by atoms with Gasteiger partial charge >= 0.3 is 0 Å². The normalized spacial score (nSPS) is 11.9. The number of fused-ring (bicyclic) bond motifs is 7. The number of para-hydroxylation sites is 3. The molecule has 0 atom stereocenters. The van der Waals surface area contributed by atoms with E-state index >= 15 is 0 Å². The summed E-state index contributed by atoms with van der Waals surface area (Å²) < 4.78 is 4.83. The van der Waals surface area contributed by atoms with Crippen molar-refractivity contribution in [3.05, 3.63) is 265 Å². The van der Waals surface area contributed by atoms with Gasteiger partial charge in [0.05, 0.1) is 27.8 Å². The fourth-order valence-electron chi connectivity index (χ4n) is 9.88. The maximum Gasteiger partial charge on any atom is 0.0541 e. The Morgan fingerprint density at radius 3 is 1.34 bits per heavy atom. The molecule has 0 saturated heterocycles. The number of aromatic nitrogens is 2. The van der Waals surface area contributed by atoms with Gasteiger partial charge in [-0.1, -0.05) is 145 Å². The molecule has 2 aromatic heterocycles. The highest BCUT2D eigenvalue weighted by Gasteiger charge is 2.17. The molecular formula is C64H48N4. The van der Waals surface area contributed by atoms with Crippen LogP contribution in [0.5, 0.6) is 0 Å². The Morgan fingerprint density at radius 1 is 0.324 bits per heavy atom. The molecule has 0 bridgehead atoms. The predicted octanol–water partition coefficient (Wildman–Crippen LogP) is 17.3. The van der Waals surface area contributed by atoms with E-state index in [1.54, 1.807) is 0 Å². The van der Waals surface area contributed by atoms with Crippen molar-refractivity contribution in [2.75, 3.05) is 9.80 Å². The van der Waals surface area contributed by atoms with Gasteiger partial charge in [0.15, 0.2) is 0 Å². The van der Waals surface area contributed by atoms with Crippen LogP contribution in [-0.2, 0) is 0 Å².